The van der Waals surface area contributed by atoms with Gasteiger partial charge >= 0.3 is 5.97 Å². The van der Waals surface area contributed by atoms with Crippen LogP contribution in [0, 0.1) is 11.6 Å². The first-order valence-corrected chi connectivity index (χ1v) is 13.0. The van der Waals surface area contributed by atoms with Gasteiger partial charge in [-0.1, -0.05) is 83.8 Å². The quantitative estimate of drug-likeness (QED) is 0.126. The van der Waals surface area contributed by atoms with E-state index in [1.54, 1.807) is 12.1 Å². The van der Waals surface area contributed by atoms with Crippen LogP contribution in [0.25, 0.3) is 0 Å². The van der Waals surface area contributed by atoms with Gasteiger partial charge in [0.15, 0.2) is 11.6 Å². The fourth-order valence-electron chi connectivity index (χ4n) is 3.85. The lowest BCUT2D eigenvalue weighted by atomic mass is 10.0. The van der Waals surface area contributed by atoms with Gasteiger partial charge < -0.3 is 9.47 Å². The second-order valence-electron chi connectivity index (χ2n) is 9.05. The minimum absolute atomic E-state index is 0.255. The topological polar surface area (TPSA) is 35.5 Å². The van der Waals surface area contributed by atoms with E-state index in [4.69, 9.17) is 9.47 Å². The Balaban J connectivity index is 1.84. The van der Waals surface area contributed by atoms with Crippen LogP contribution >= 0.6 is 0 Å². The predicted octanol–water partition coefficient (Wildman–Crippen LogP) is 8.77. The van der Waals surface area contributed by atoms with Crippen molar-refractivity contribution in [3.05, 3.63) is 59.2 Å². The number of hydrogen-bond acceptors (Lipinski definition) is 3. The van der Waals surface area contributed by atoms with Gasteiger partial charge in [0.2, 0.25) is 5.82 Å². The molecule has 0 radical (unpaired) electrons. The SMILES string of the molecule is CCCCCCCCc1ccc(OC(=O)c2ccc(OCC(F)CCCCCC)c(F)c2F)cc1. The number of halogens is 3. The Kier molecular flexibility index (Phi) is 13.3. The first kappa shape index (κ1) is 28.7. The van der Waals surface area contributed by atoms with Crippen LogP contribution in [0.15, 0.2) is 36.4 Å². The number of aryl methyl sites for hydroxylation is 1. The lowest BCUT2D eigenvalue weighted by molar-refractivity contribution is 0.0728. The fourth-order valence-corrected chi connectivity index (χ4v) is 3.85. The zero-order valence-corrected chi connectivity index (χ0v) is 21.1. The second kappa shape index (κ2) is 16.2. The first-order valence-electron chi connectivity index (χ1n) is 13.0. The van der Waals surface area contributed by atoms with Crippen molar-refractivity contribution < 1.29 is 27.4 Å². The van der Waals surface area contributed by atoms with Gasteiger partial charge in [-0.25, -0.2) is 13.6 Å². The van der Waals surface area contributed by atoms with Gasteiger partial charge in [-0.05, 0) is 49.1 Å². The van der Waals surface area contributed by atoms with E-state index in [2.05, 4.69) is 13.8 Å². The largest absolute Gasteiger partial charge is 0.487 e. The van der Waals surface area contributed by atoms with Crippen molar-refractivity contribution in [2.24, 2.45) is 0 Å². The monoisotopic (exact) mass is 492 g/mol. The van der Waals surface area contributed by atoms with Gasteiger partial charge in [0.1, 0.15) is 18.5 Å². The molecule has 0 N–H and O–H groups in total. The van der Waals surface area contributed by atoms with Crippen LogP contribution in [-0.4, -0.2) is 18.7 Å². The van der Waals surface area contributed by atoms with Crippen molar-refractivity contribution in [3.8, 4) is 11.5 Å². The summed E-state index contributed by atoms with van der Waals surface area (Å²) in [4.78, 5) is 12.4. The molecule has 0 spiro atoms. The molecule has 1 atom stereocenters. The van der Waals surface area contributed by atoms with Crippen molar-refractivity contribution in [3.63, 3.8) is 0 Å². The summed E-state index contributed by atoms with van der Waals surface area (Å²) >= 11 is 0. The summed E-state index contributed by atoms with van der Waals surface area (Å²) in [5.41, 5.74) is 0.595. The van der Waals surface area contributed by atoms with Gasteiger partial charge in [-0.3, -0.25) is 0 Å². The Morgan fingerprint density at radius 2 is 1.43 bits per heavy atom. The molecule has 1 unspecified atom stereocenters. The van der Waals surface area contributed by atoms with E-state index >= 15 is 0 Å². The summed E-state index contributed by atoms with van der Waals surface area (Å²) in [6.07, 6.45) is 11.0. The maximum Gasteiger partial charge on any atom is 0.346 e. The van der Waals surface area contributed by atoms with Crippen LogP contribution in [-0.2, 0) is 6.42 Å². The van der Waals surface area contributed by atoms with Crippen LogP contribution < -0.4 is 9.47 Å². The molecule has 0 aromatic heterocycles. The lowest BCUT2D eigenvalue weighted by Gasteiger charge is -2.12. The van der Waals surface area contributed by atoms with Crippen molar-refractivity contribution in [2.45, 2.75) is 97.1 Å². The highest BCUT2D eigenvalue weighted by atomic mass is 19.2. The van der Waals surface area contributed by atoms with Crippen molar-refractivity contribution in [1.82, 2.24) is 0 Å². The third-order valence-corrected chi connectivity index (χ3v) is 6.01. The highest BCUT2D eigenvalue weighted by Gasteiger charge is 2.22. The molecule has 0 fully saturated rings. The van der Waals surface area contributed by atoms with E-state index in [1.165, 1.54) is 32.1 Å². The number of esters is 1. The summed E-state index contributed by atoms with van der Waals surface area (Å²) in [7, 11) is 0. The lowest BCUT2D eigenvalue weighted by Crippen LogP contribution is -2.15. The number of alkyl halides is 1. The zero-order chi connectivity index (χ0) is 25.5. The molecule has 6 heteroatoms. The van der Waals surface area contributed by atoms with E-state index in [-0.39, 0.29) is 12.4 Å². The number of rotatable bonds is 17. The first-order chi connectivity index (χ1) is 17.0. The number of carbonyl (C=O) groups excluding carboxylic acids is 1. The highest BCUT2D eigenvalue weighted by molar-refractivity contribution is 5.91. The Labute approximate surface area is 208 Å². The van der Waals surface area contributed by atoms with Crippen molar-refractivity contribution >= 4 is 5.97 Å². The number of hydrogen-bond donors (Lipinski definition) is 0. The molecule has 0 bridgehead atoms. The smallest absolute Gasteiger partial charge is 0.346 e. The summed E-state index contributed by atoms with van der Waals surface area (Å²) in [5, 5.41) is 0. The Morgan fingerprint density at radius 1 is 0.800 bits per heavy atom. The summed E-state index contributed by atoms with van der Waals surface area (Å²) in [5.74, 6) is -3.87. The summed E-state index contributed by atoms with van der Waals surface area (Å²) in [6.45, 7) is 3.90. The molecule has 0 saturated heterocycles. The molecule has 0 aliphatic carbocycles. The average molecular weight is 493 g/mol. The molecular weight excluding hydrogens is 453 g/mol. The molecule has 0 heterocycles. The minimum atomic E-state index is -1.37. The molecule has 194 valence electrons. The van der Waals surface area contributed by atoms with E-state index in [0.717, 1.165) is 56.2 Å². The Hall–Kier alpha value is -2.50. The van der Waals surface area contributed by atoms with Gasteiger partial charge in [-0.15, -0.1) is 0 Å². The van der Waals surface area contributed by atoms with Crippen LogP contribution in [0.3, 0.4) is 0 Å². The Bertz CT molecular complexity index is 883. The molecular formula is C29H39F3O3. The fraction of sp³-hybridized carbons (Fsp3) is 0.552. The molecule has 0 aliphatic heterocycles. The summed E-state index contributed by atoms with van der Waals surface area (Å²) < 4.78 is 53.2. The molecule has 0 amide bonds. The molecule has 3 nitrogen and oxygen atoms in total. The normalized spacial score (nSPS) is 11.9. The van der Waals surface area contributed by atoms with E-state index in [0.29, 0.717) is 6.42 Å². The average Bonchev–Trinajstić information content (AvgIpc) is 2.86. The molecule has 0 aliphatic rings. The molecule has 2 aromatic carbocycles. The molecule has 35 heavy (non-hydrogen) atoms. The maximum atomic E-state index is 14.5. The van der Waals surface area contributed by atoms with Gasteiger partial charge in [-0.2, -0.15) is 4.39 Å². The van der Waals surface area contributed by atoms with Gasteiger partial charge in [0, 0.05) is 0 Å². The summed E-state index contributed by atoms with van der Waals surface area (Å²) in [6, 6.07) is 9.27. The van der Waals surface area contributed by atoms with Crippen LogP contribution in [0.5, 0.6) is 11.5 Å². The number of ether oxygens (including phenoxy) is 2. The van der Waals surface area contributed by atoms with Crippen molar-refractivity contribution in [2.75, 3.05) is 6.61 Å². The molecule has 2 rings (SSSR count). The highest BCUT2D eigenvalue weighted by Crippen LogP contribution is 2.25. The maximum absolute atomic E-state index is 14.5. The predicted molar refractivity (Wildman–Crippen MR) is 134 cm³/mol. The van der Waals surface area contributed by atoms with E-state index < -0.39 is 35.1 Å². The third-order valence-electron chi connectivity index (χ3n) is 6.01. The second-order valence-corrected chi connectivity index (χ2v) is 9.05. The number of carbonyl (C=O) groups is 1. The van der Waals surface area contributed by atoms with Crippen LogP contribution in [0.1, 0.15) is 100 Å². The van der Waals surface area contributed by atoms with Gasteiger partial charge in [0.25, 0.3) is 0 Å². The van der Waals surface area contributed by atoms with Crippen molar-refractivity contribution in [1.29, 1.82) is 0 Å². The van der Waals surface area contributed by atoms with E-state index in [1.807, 2.05) is 12.1 Å². The van der Waals surface area contributed by atoms with E-state index in [9.17, 15) is 18.0 Å². The van der Waals surface area contributed by atoms with Gasteiger partial charge in [0.05, 0.1) is 5.56 Å². The number of unbranched alkanes of at least 4 members (excludes halogenated alkanes) is 8. The number of benzene rings is 2. The standard InChI is InChI=1S/C29H39F3O3/c1-3-5-7-9-10-11-13-22-15-17-24(18-16-22)35-29(33)25-19-20-26(28(32)27(25)31)34-21-23(30)14-12-8-6-4-2/h15-20,23H,3-14,21H2,1-2H3. The zero-order valence-electron chi connectivity index (χ0n) is 21.1. The molecule has 0 saturated carbocycles. The minimum Gasteiger partial charge on any atom is -0.487 e. The third kappa shape index (κ3) is 10.3. The Morgan fingerprint density at radius 3 is 2.11 bits per heavy atom. The van der Waals surface area contributed by atoms with Crippen LogP contribution in [0.4, 0.5) is 13.2 Å². The molecule has 2 aromatic rings. The van der Waals surface area contributed by atoms with Crippen LogP contribution in [0.2, 0.25) is 0 Å².